The number of carbonyl (C=O) groups excluding carboxylic acids is 3. The number of esters is 1. The number of amides is 3. The van der Waals surface area contributed by atoms with Gasteiger partial charge in [0.1, 0.15) is 0 Å². The third-order valence-electron chi connectivity index (χ3n) is 5.26. The van der Waals surface area contributed by atoms with Crippen molar-refractivity contribution in [2.75, 3.05) is 25.0 Å². The number of likely N-dealkylation sites (tertiary alicyclic amines) is 1. The SMILES string of the molecule is CCOC(=O)C1CCN(C(=O)Cc2csc(NC(=O)NC3CCCC3)n2)CC1. The van der Waals surface area contributed by atoms with Crippen LogP contribution in [0.5, 0.6) is 0 Å². The molecule has 1 aromatic heterocycles. The molecule has 0 radical (unpaired) electrons. The summed E-state index contributed by atoms with van der Waals surface area (Å²) in [4.78, 5) is 42.4. The van der Waals surface area contributed by atoms with Gasteiger partial charge in [0, 0.05) is 24.5 Å². The molecule has 3 rings (SSSR count). The standard InChI is InChI=1S/C19H28N4O4S/c1-2-27-17(25)13-7-9-23(10-8-13)16(24)11-15-12-28-19(21-15)22-18(26)20-14-5-3-4-6-14/h12-14H,2-11H2,1H3,(H2,20,21,22,26). The first-order chi connectivity index (χ1) is 13.5. The maximum atomic E-state index is 12.5. The Hall–Kier alpha value is -2.16. The van der Waals surface area contributed by atoms with E-state index >= 15 is 0 Å². The fraction of sp³-hybridized carbons (Fsp3) is 0.684. The van der Waals surface area contributed by atoms with Crippen LogP contribution in [0.15, 0.2) is 5.38 Å². The van der Waals surface area contributed by atoms with E-state index in [-0.39, 0.29) is 36.3 Å². The third kappa shape index (κ3) is 5.67. The predicted molar refractivity (Wildman–Crippen MR) is 106 cm³/mol. The normalized spacial score (nSPS) is 18.1. The molecule has 1 aliphatic carbocycles. The van der Waals surface area contributed by atoms with E-state index in [9.17, 15) is 14.4 Å². The minimum absolute atomic E-state index is 0.00503. The van der Waals surface area contributed by atoms with Crippen molar-refractivity contribution in [1.29, 1.82) is 0 Å². The van der Waals surface area contributed by atoms with Gasteiger partial charge in [-0.3, -0.25) is 14.9 Å². The molecule has 154 valence electrons. The van der Waals surface area contributed by atoms with E-state index in [1.165, 1.54) is 11.3 Å². The second kappa shape index (κ2) is 9.86. The first-order valence-electron chi connectivity index (χ1n) is 10.0. The van der Waals surface area contributed by atoms with Crippen molar-refractivity contribution < 1.29 is 19.1 Å². The highest BCUT2D eigenvalue weighted by molar-refractivity contribution is 7.13. The molecule has 2 N–H and O–H groups in total. The van der Waals surface area contributed by atoms with Crippen LogP contribution in [0, 0.1) is 5.92 Å². The van der Waals surface area contributed by atoms with Crippen LogP contribution >= 0.6 is 11.3 Å². The zero-order valence-electron chi connectivity index (χ0n) is 16.2. The Morgan fingerprint density at radius 1 is 1.21 bits per heavy atom. The number of hydrogen-bond donors (Lipinski definition) is 2. The molecule has 0 aromatic carbocycles. The lowest BCUT2D eigenvalue weighted by atomic mass is 9.97. The Kier molecular flexibility index (Phi) is 7.24. The van der Waals surface area contributed by atoms with E-state index in [1.54, 1.807) is 17.2 Å². The summed E-state index contributed by atoms with van der Waals surface area (Å²) in [7, 11) is 0. The molecule has 0 unspecified atom stereocenters. The highest BCUT2D eigenvalue weighted by atomic mass is 32.1. The van der Waals surface area contributed by atoms with Crippen LogP contribution in [-0.2, 0) is 20.7 Å². The summed E-state index contributed by atoms with van der Waals surface area (Å²) in [6.45, 7) is 3.30. The maximum Gasteiger partial charge on any atom is 0.321 e. The number of ether oxygens (including phenoxy) is 1. The van der Waals surface area contributed by atoms with Crippen LogP contribution in [0.4, 0.5) is 9.93 Å². The quantitative estimate of drug-likeness (QED) is 0.705. The summed E-state index contributed by atoms with van der Waals surface area (Å²) in [6.07, 6.45) is 5.84. The molecule has 0 spiro atoms. The topological polar surface area (TPSA) is 101 Å². The van der Waals surface area contributed by atoms with E-state index in [1.807, 2.05) is 0 Å². The van der Waals surface area contributed by atoms with Gasteiger partial charge >= 0.3 is 12.0 Å². The van der Waals surface area contributed by atoms with E-state index < -0.39 is 0 Å². The third-order valence-corrected chi connectivity index (χ3v) is 6.07. The van der Waals surface area contributed by atoms with Crippen LogP contribution in [-0.4, -0.2) is 53.5 Å². The van der Waals surface area contributed by atoms with Crippen molar-refractivity contribution in [2.45, 2.75) is 57.9 Å². The van der Waals surface area contributed by atoms with E-state index in [0.29, 0.717) is 43.4 Å². The van der Waals surface area contributed by atoms with Crippen LogP contribution < -0.4 is 10.6 Å². The fourth-order valence-electron chi connectivity index (χ4n) is 3.73. The molecule has 0 bridgehead atoms. The second-order valence-corrected chi connectivity index (χ2v) is 8.17. The highest BCUT2D eigenvalue weighted by Gasteiger charge is 2.28. The molecule has 28 heavy (non-hydrogen) atoms. The number of nitrogens with one attached hydrogen (secondary N) is 2. The molecular formula is C19H28N4O4S. The van der Waals surface area contributed by atoms with Crippen molar-refractivity contribution in [1.82, 2.24) is 15.2 Å². The molecule has 1 aliphatic heterocycles. The largest absolute Gasteiger partial charge is 0.466 e. The molecule has 2 aliphatic rings. The Balaban J connectivity index is 1.42. The van der Waals surface area contributed by atoms with Gasteiger partial charge in [-0.25, -0.2) is 9.78 Å². The van der Waals surface area contributed by atoms with E-state index in [4.69, 9.17) is 4.74 Å². The zero-order chi connectivity index (χ0) is 19.9. The van der Waals surface area contributed by atoms with Gasteiger partial charge in [0.25, 0.3) is 0 Å². The maximum absolute atomic E-state index is 12.5. The molecule has 9 heteroatoms. The van der Waals surface area contributed by atoms with Gasteiger partial charge in [0.15, 0.2) is 5.13 Å². The summed E-state index contributed by atoms with van der Waals surface area (Å²) in [5.74, 6) is -0.285. The Morgan fingerprint density at radius 3 is 2.61 bits per heavy atom. The molecule has 0 atom stereocenters. The predicted octanol–water partition coefficient (Wildman–Crippen LogP) is 2.55. The minimum Gasteiger partial charge on any atom is -0.466 e. The number of carbonyl (C=O) groups is 3. The summed E-state index contributed by atoms with van der Waals surface area (Å²) < 4.78 is 5.06. The number of thiazole rings is 1. The van der Waals surface area contributed by atoms with Crippen molar-refractivity contribution in [3.8, 4) is 0 Å². The van der Waals surface area contributed by atoms with E-state index in [0.717, 1.165) is 25.7 Å². The van der Waals surface area contributed by atoms with Gasteiger partial charge in [-0.15, -0.1) is 11.3 Å². The van der Waals surface area contributed by atoms with Gasteiger partial charge in [-0.05, 0) is 32.6 Å². The number of urea groups is 1. The monoisotopic (exact) mass is 408 g/mol. The molecule has 8 nitrogen and oxygen atoms in total. The summed E-state index contributed by atoms with van der Waals surface area (Å²) in [6, 6.07) is 0.0127. The van der Waals surface area contributed by atoms with Gasteiger partial charge in [0.2, 0.25) is 5.91 Å². The van der Waals surface area contributed by atoms with Gasteiger partial charge in [-0.2, -0.15) is 0 Å². The van der Waals surface area contributed by atoms with Crippen LogP contribution in [0.1, 0.15) is 51.1 Å². The van der Waals surface area contributed by atoms with Crippen LogP contribution in [0.25, 0.3) is 0 Å². The summed E-state index contributed by atoms with van der Waals surface area (Å²) in [5.41, 5.74) is 0.652. The number of nitrogens with zero attached hydrogens (tertiary/aromatic N) is 2. The number of hydrogen-bond acceptors (Lipinski definition) is 6. The van der Waals surface area contributed by atoms with Gasteiger partial charge < -0.3 is 15.0 Å². The Bertz CT molecular complexity index is 694. The van der Waals surface area contributed by atoms with Gasteiger partial charge in [-0.1, -0.05) is 12.8 Å². The first kappa shape index (κ1) is 20.6. The summed E-state index contributed by atoms with van der Waals surface area (Å²) in [5, 5.41) is 8.01. The van der Waals surface area contributed by atoms with Crippen molar-refractivity contribution in [3.63, 3.8) is 0 Å². The Labute approximate surface area is 169 Å². The lowest BCUT2D eigenvalue weighted by Gasteiger charge is -2.30. The van der Waals surface area contributed by atoms with Gasteiger partial charge in [0.05, 0.1) is 24.6 Å². The molecule has 1 saturated carbocycles. The van der Waals surface area contributed by atoms with Crippen LogP contribution in [0.3, 0.4) is 0 Å². The van der Waals surface area contributed by atoms with Crippen molar-refractivity contribution in [2.24, 2.45) is 5.92 Å². The number of anilines is 1. The number of rotatable bonds is 6. The molecule has 2 fully saturated rings. The van der Waals surface area contributed by atoms with Crippen molar-refractivity contribution in [3.05, 3.63) is 11.1 Å². The zero-order valence-corrected chi connectivity index (χ0v) is 17.1. The molecule has 2 heterocycles. The molecular weight excluding hydrogens is 380 g/mol. The highest BCUT2D eigenvalue weighted by Crippen LogP contribution is 2.21. The smallest absolute Gasteiger partial charge is 0.321 e. The number of piperidine rings is 1. The molecule has 1 saturated heterocycles. The van der Waals surface area contributed by atoms with Crippen molar-refractivity contribution >= 4 is 34.4 Å². The summed E-state index contributed by atoms with van der Waals surface area (Å²) >= 11 is 1.32. The minimum atomic E-state index is -0.236. The molecule has 1 aromatic rings. The average molecular weight is 409 g/mol. The Morgan fingerprint density at radius 2 is 1.93 bits per heavy atom. The fourth-order valence-corrected chi connectivity index (χ4v) is 4.43. The first-order valence-corrected chi connectivity index (χ1v) is 10.9. The second-order valence-electron chi connectivity index (χ2n) is 7.31. The lowest BCUT2D eigenvalue weighted by molar-refractivity contribution is -0.151. The molecule has 3 amide bonds. The lowest BCUT2D eigenvalue weighted by Crippen LogP contribution is -2.41. The number of aromatic nitrogens is 1. The average Bonchev–Trinajstić information content (AvgIpc) is 3.34. The van der Waals surface area contributed by atoms with Crippen LogP contribution in [0.2, 0.25) is 0 Å². The van der Waals surface area contributed by atoms with E-state index in [2.05, 4.69) is 15.6 Å².